The third-order valence-electron chi connectivity index (χ3n) is 9.94. The van der Waals surface area contributed by atoms with Crippen molar-refractivity contribution in [3.8, 4) is 0 Å². The molecule has 2 aliphatic carbocycles. The number of fused-ring (bicyclic) bond motifs is 5. The van der Waals surface area contributed by atoms with Gasteiger partial charge in [0.05, 0.1) is 24.2 Å². The highest BCUT2D eigenvalue weighted by Gasteiger charge is 2.40. The van der Waals surface area contributed by atoms with E-state index in [1.807, 2.05) is 18.3 Å². The number of benzene rings is 2. The molecule has 3 aromatic rings. The molecule has 4 heteroatoms. The number of allylic oxidation sites excluding steroid dienone is 9. The molecule has 0 saturated heterocycles. The maximum Gasteiger partial charge on any atom is 0.100 e. The van der Waals surface area contributed by atoms with Gasteiger partial charge in [-0.15, -0.1) is 0 Å². The summed E-state index contributed by atoms with van der Waals surface area (Å²) in [6.45, 7) is 14.6. The van der Waals surface area contributed by atoms with E-state index in [0.29, 0.717) is 12.5 Å². The van der Waals surface area contributed by atoms with Crippen molar-refractivity contribution in [1.29, 1.82) is 0 Å². The van der Waals surface area contributed by atoms with Crippen LogP contribution in [0.2, 0.25) is 0 Å². The van der Waals surface area contributed by atoms with Crippen LogP contribution < -0.4 is 4.90 Å². The Morgan fingerprint density at radius 3 is 2.77 bits per heavy atom. The quantitative estimate of drug-likeness (QED) is 0.247. The molecule has 3 unspecified atom stereocenters. The van der Waals surface area contributed by atoms with Gasteiger partial charge >= 0.3 is 0 Å². The minimum atomic E-state index is -0.0875. The summed E-state index contributed by atoms with van der Waals surface area (Å²) in [5.74, 6) is 0.647. The van der Waals surface area contributed by atoms with Gasteiger partial charge in [-0.25, -0.2) is 0 Å². The lowest BCUT2D eigenvalue weighted by Gasteiger charge is -2.41. The molecule has 47 heavy (non-hydrogen) atoms. The number of nitrogens with zero attached hydrogens (tertiary/aromatic N) is 3. The Morgan fingerprint density at radius 1 is 1.02 bits per heavy atom. The van der Waals surface area contributed by atoms with Gasteiger partial charge in [-0.3, -0.25) is 4.98 Å². The van der Waals surface area contributed by atoms with Gasteiger partial charge in [0.1, 0.15) is 6.10 Å². The van der Waals surface area contributed by atoms with Crippen LogP contribution in [-0.2, 0) is 4.74 Å². The van der Waals surface area contributed by atoms with Gasteiger partial charge in [-0.2, -0.15) is 0 Å². The second kappa shape index (κ2) is 13.4. The molecule has 3 heterocycles. The first-order valence-electron chi connectivity index (χ1n) is 16.7. The van der Waals surface area contributed by atoms with Gasteiger partial charge < -0.3 is 14.5 Å². The summed E-state index contributed by atoms with van der Waals surface area (Å²) in [7, 11) is 0. The van der Waals surface area contributed by atoms with E-state index in [9.17, 15) is 0 Å². The molecule has 0 N–H and O–H groups in total. The van der Waals surface area contributed by atoms with E-state index in [-0.39, 0.29) is 30.0 Å². The van der Waals surface area contributed by atoms with Crippen LogP contribution in [0.4, 0.5) is 5.69 Å². The SMILES string of the molecule is C=C/C=C\[C@@H](c1cccc2cccnc12)C(C)CN1C(=C)/C=C(N2c3ccccc3C3C=CC=C(C)[C@@H]32)\C=C/COC2C=CC=C[C@H]21. The van der Waals surface area contributed by atoms with Crippen molar-refractivity contribution in [1.82, 2.24) is 9.88 Å². The predicted octanol–water partition coefficient (Wildman–Crippen LogP) is 9.33. The molecule has 0 fully saturated rings. The first-order chi connectivity index (χ1) is 23.0. The second-order valence-corrected chi connectivity index (χ2v) is 12.9. The Balaban J connectivity index is 1.29. The van der Waals surface area contributed by atoms with Crippen molar-refractivity contribution in [2.24, 2.45) is 5.92 Å². The number of ether oxygens (including phenoxy) is 1. The highest BCUT2D eigenvalue weighted by Crippen LogP contribution is 2.48. The lowest BCUT2D eigenvalue weighted by molar-refractivity contribution is 0.0519. The summed E-state index contributed by atoms with van der Waals surface area (Å²) < 4.78 is 6.55. The summed E-state index contributed by atoms with van der Waals surface area (Å²) in [6, 6.07) is 19.7. The molecule has 0 saturated carbocycles. The largest absolute Gasteiger partial charge is 0.368 e. The van der Waals surface area contributed by atoms with Crippen LogP contribution in [-0.4, -0.2) is 41.2 Å². The summed E-state index contributed by atoms with van der Waals surface area (Å²) in [5, 5.41) is 1.15. The molecular formula is C43H43N3O. The third-order valence-corrected chi connectivity index (χ3v) is 9.94. The number of para-hydroxylation sites is 2. The molecule has 4 aliphatic rings. The maximum atomic E-state index is 6.55. The number of pyridine rings is 1. The fourth-order valence-electron chi connectivity index (χ4n) is 7.74. The molecule has 0 bridgehead atoms. The zero-order valence-electron chi connectivity index (χ0n) is 27.3. The highest BCUT2D eigenvalue weighted by atomic mass is 16.5. The highest BCUT2D eigenvalue weighted by molar-refractivity contribution is 5.82. The predicted molar refractivity (Wildman–Crippen MR) is 196 cm³/mol. The maximum absolute atomic E-state index is 6.55. The summed E-state index contributed by atoms with van der Waals surface area (Å²) >= 11 is 0. The molecular weight excluding hydrogens is 574 g/mol. The van der Waals surface area contributed by atoms with Gasteiger partial charge in [-0.05, 0) is 53.8 Å². The number of hydrogen-bond donors (Lipinski definition) is 0. The van der Waals surface area contributed by atoms with Gasteiger partial charge in [0.2, 0.25) is 0 Å². The summed E-state index contributed by atoms with van der Waals surface area (Å²) in [5.41, 5.74) is 8.32. The van der Waals surface area contributed by atoms with Crippen molar-refractivity contribution < 1.29 is 4.74 Å². The van der Waals surface area contributed by atoms with Crippen molar-refractivity contribution in [2.75, 3.05) is 18.1 Å². The average molecular weight is 618 g/mol. The van der Waals surface area contributed by atoms with Gasteiger partial charge in [0, 0.05) is 47.0 Å². The molecule has 0 radical (unpaired) electrons. The topological polar surface area (TPSA) is 28.6 Å². The Morgan fingerprint density at radius 2 is 1.87 bits per heavy atom. The first-order valence-corrected chi connectivity index (χ1v) is 16.7. The van der Waals surface area contributed by atoms with E-state index >= 15 is 0 Å². The Hall–Kier alpha value is -4.93. The fraction of sp³-hybridized carbons (Fsp3) is 0.233. The normalized spacial score (nSPS) is 26.6. The van der Waals surface area contributed by atoms with Crippen molar-refractivity contribution in [3.63, 3.8) is 0 Å². The molecule has 0 spiro atoms. The standard InChI is InChI=1S/C43H43N3O/c1-5-6-19-35(37-21-12-16-33-17-13-26-44-42(33)37)31(3)29-45-32(4)28-34(18-14-27-47-41-25-10-9-24-40(41)45)46-39-23-8-7-20-36(39)38-22-11-15-30(2)43(38)46/h5-26,28,31,35,38,40-41,43H,1,4,27,29H2,2-3H3/b18-14-,19-6-,34-28+/t31?,35-,38?,40-,41?,43+/m1/s1. The van der Waals surface area contributed by atoms with Crippen LogP contribution in [0.1, 0.15) is 36.8 Å². The lowest BCUT2D eigenvalue weighted by atomic mass is 9.84. The van der Waals surface area contributed by atoms with Crippen LogP contribution in [0, 0.1) is 5.92 Å². The van der Waals surface area contributed by atoms with E-state index in [1.54, 1.807) is 0 Å². The van der Waals surface area contributed by atoms with E-state index < -0.39 is 0 Å². The Labute approximate surface area is 279 Å². The van der Waals surface area contributed by atoms with Crippen molar-refractivity contribution >= 4 is 16.6 Å². The van der Waals surface area contributed by atoms with E-state index in [1.165, 1.54) is 22.4 Å². The van der Waals surface area contributed by atoms with Crippen LogP contribution in [0.25, 0.3) is 10.9 Å². The first kappa shape index (κ1) is 30.7. The second-order valence-electron chi connectivity index (χ2n) is 12.9. The zero-order chi connectivity index (χ0) is 32.3. The molecule has 1 aromatic heterocycles. The number of rotatable bonds is 7. The minimum Gasteiger partial charge on any atom is -0.368 e. The molecule has 4 nitrogen and oxygen atoms in total. The third kappa shape index (κ3) is 5.90. The summed E-state index contributed by atoms with van der Waals surface area (Å²) in [4.78, 5) is 9.77. The number of aromatic nitrogens is 1. The van der Waals surface area contributed by atoms with Gasteiger partial charge in [0.15, 0.2) is 0 Å². The molecule has 6 atom stereocenters. The number of hydrogen-bond acceptors (Lipinski definition) is 4. The summed E-state index contributed by atoms with van der Waals surface area (Å²) in [6.07, 6.45) is 30.1. The fourth-order valence-corrected chi connectivity index (χ4v) is 7.74. The Kier molecular flexibility index (Phi) is 8.78. The van der Waals surface area contributed by atoms with Crippen molar-refractivity contribution in [2.45, 2.75) is 43.9 Å². The number of anilines is 1. The van der Waals surface area contributed by atoms with E-state index in [0.717, 1.165) is 28.8 Å². The molecule has 2 aromatic carbocycles. The smallest absolute Gasteiger partial charge is 0.100 e. The van der Waals surface area contributed by atoms with Crippen LogP contribution in [0.5, 0.6) is 0 Å². The lowest BCUT2D eigenvalue weighted by Crippen LogP contribution is -2.45. The van der Waals surface area contributed by atoms with Crippen molar-refractivity contribution in [3.05, 3.63) is 181 Å². The van der Waals surface area contributed by atoms with Crippen LogP contribution in [0.15, 0.2) is 170 Å². The van der Waals surface area contributed by atoms with Crippen LogP contribution in [0.3, 0.4) is 0 Å². The minimum absolute atomic E-state index is 0.00600. The van der Waals surface area contributed by atoms with Gasteiger partial charge in [-0.1, -0.05) is 129 Å². The van der Waals surface area contributed by atoms with E-state index in [2.05, 4.69) is 152 Å². The molecule has 0 amide bonds. The van der Waals surface area contributed by atoms with Crippen LogP contribution >= 0.6 is 0 Å². The molecule has 7 rings (SSSR count). The molecule has 2 aliphatic heterocycles. The zero-order valence-corrected chi connectivity index (χ0v) is 27.3. The van der Waals surface area contributed by atoms with Gasteiger partial charge in [0.25, 0.3) is 0 Å². The van der Waals surface area contributed by atoms with E-state index in [4.69, 9.17) is 16.3 Å². The monoisotopic (exact) mass is 617 g/mol. The molecule has 236 valence electrons. The average Bonchev–Trinajstić information content (AvgIpc) is 3.44. The Bertz CT molecular complexity index is 1880.